The van der Waals surface area contributed by atoms with E-state index in [0.29, 0.717) is 31.1 Å². The molecule has 0 spiro atoms. The predicted molar refractivity (Wildman–Crippen MR) is 73.1 cm³/mol. The van der Waals surface area contributed by atoms with Crippen LogP contribution in [0.1, 0.15) is 57.2 Å². The minimum Gasteiger partial charge on any atom is -0.393 e. The van der Waals surface area contributed by atoms with Gasteiger partial charge in [-0.05, 0) is 12.8 Å². The second-order valence-corrected chi connectivity index (χ2v) is 5.76. The van der Waals surface area contributed by atoms with Gasteiger partial charge in [-0.15, -0.1) is 0 Å². The Hall–Kier alpha value is -1.43. The molecule has 1 amide bonds. The Labute approximate surface area is 118 Å². The van der Waals surface area contributed by atoms with Gasteiger partial charge in [0.15, 0.2) is 5.82 Å². The van der Waals surface area contributed by atoms with Gasteiger partial charge in [0, 0.05) is 31.2 Å². The summed E-state index contributed by atoms with van der Waals surface area (Å²) in [6.07, 6.45) is 3.41. The van der Waals surface area contributed by atoms with Crippen LogP contribution >= 0.6 is 0 Å². The van der Waals surface area contributed by atoms with Gasteiger partial charge < -0.3 is 14.9 Å². The van der Waals surface area contributed by atoms with Crippen molar-refractivity contribution >= 4 is 5.91 Å². The Morgan fingerprint density at radius 1 is 1.50 bits per heavy atom. The van der Waals surface area contributed by atoms with Gasteiger partial charge in [-0.2, -0.15) is 4.98 Å². The molecule has 6 nitrogen and oxygen atoms in total. The number of hydrogen-bond donors (Lipinski definition) is 2. The van der Waals surface area contributed by atoms with Crippen LogP contribution in [0.5, 0.6) is 0 Å². The first-order valence-electron chi connectivity index (χ1n) is 7.33. The first-order valence-corrected chi connectivity index (χ1v) is 7.33. The first-order chi connectivity index (χ1) is 9.56. The molecule has 2 unspecified atom stereocenters. The zero-order chi connectivity index (χ0) is 14.5. The number of rotatable bonds is 6. The fraction of sp³-hybridized carbons (Fsp3) is 0.786. The van der Waals surface area contributed by atoms with Crippen LogP contribution in [0.2, 0.25) is 0 Å². The van der Waals surface area contributed by atoms with Crippen molar-refractivity contribution < 1.29 is 14.4 Å². The molecular formula is C14H23N3O3. The Morgan fingerprint density at radius 2 is 2.30 bits per heavy atom. The largest absolute Gasteiger partial charge is 0.393 e. The number of aliphatic hydroxyl groups is 1. The molecule has 1 aliphatic rings. The van der Waals surface area contributed by atoms with E-state index in [1.165, 1.54) is 0 Å². The third-order valence-electron chi connectivity index (χ3n) is 3.75. The maximum Gasteiger partial charge on any atom is 0.227 e. The second kappa shape index (κ2) is 6.83. The topological polar surface area (TPSA) is 88.2 Å². The Morgan fingerprint density at radius 3 is 2.90 bits per heavy atom. The standard InChI is InChI=1S/C14H23N3O3/c1-9(2)14-16-13(20-17-14)7-6-12(19)15-8-10-4-3-5-11(10)18/h9-11,18H,3-8H2,1-2H3,(H,15,19). The summed E-state index contributed by atoms with van der Waals surface area (Å²) in [4.78, 5) is 16.0. The van der Waals surface area contributed by atoms with E-state index >= 15 is 0 Å². The summed E-state index contributed by atoms with van der Waals surface area (Å²) in [6.45, 7) is 4.55. The molecule has 2 N–H and O–H groups in total. The van der Waals surface area contributed by atoms with Crippen molar-refractivity contribution in [3.8, 4) is 0 Å². The molecule has 1 heterocycles. The number of nitrogens with zero attached hydrogens (tertiary/aromatic N) is 2. The molecule has 1 saturated carbocycles. The van der Waals surface area contributed by atoms with Gasteiger partial charge in [-0.1, -0.05) is 25.4 Å². The summed E-state index contributed by atoms with van der Waals surface area (Å²) < 4.78 is 5.09. The van der Waals surface area contributed by atoms with E-state index in [1.54, 1.807) is 0 Å². The van der Waals surface area contributed by atoms with Gasteiger partial charge in [0.2, 0.25) is 11.8 Å². The third kappa shape index (κ3) is 4.03. The van der Waals surface area contributed by atoms with Crippen molar-refractivity contribution in [3.05, 3.63) is 11.7 Å². The van der Waals surface area contributed by atoms with Crippen LogP contribution in [-0.2, 0) is 11.2 Å². The molecule has 1 aliphatic carbocycles. The molecule has 2 atom stereocenters. The van der Waals surface area contributed by atoms with Gasteiger partial charge in [0.05, 0.1) is 6.10 Å². The van der Waals surface area contributed by atoms with E-state index in [1.807, 2.05) is 13.8 Å². The highest BCUT2D eigenvalue weighted by Crippen LogP contribution is 2.24. The van der Waals surface area contributed by atoms with Crippen LogP contribution in [0.15, 0.2) is 4.52 Å². The summed E-state index contributed by atoms with van der Waals surface area (Å²) in [6, 6.07) is 0. The van der Waals surface area contributed by atoms with Gasteiger partial charge in [-0.3, -0.25) is 4.79 Å². The zero-order valence-electron chi connectivity index (χ0n) is 12.1. The normalized spacial score (nSPS) is 22.4. The van der Waals surface area contributed by atoms with Crippen molar-refractivity contribution in [1.82, 2.24) is 15.5 Å². The minimum atomic E-state index is -0.264. The van der Waals surface area contributed by atoms with E-state index < -0.39 is 0 Å². The Balaban J connectivity index is 1.69. The Bertz CT molecular complexity index is 445. The van der Waals surface area contributed by atoms with Crippen LogP contribution < -0.4 is 5.32 Å². The molecule has 20 heavy (non-hydrogen) atoms. The molecule has 1 aromatic rings. The van der Waals surface area contributed by atoms with Crippen molar-refractivity contribution in [2.45, 2.75) is 58.0 Å². The van der Waals surface area contributed by atoms with Gasteiger partial charge in [0.1, 0.15) is 0 Å². The van der Waals surface area contributed by atoms with Crippen LogP contribution in [0, 0.1) is 5.92 Å². The highest BCUT2D eigenvalue weighted by molar-refractivity contribution is 5.76. The monoisotopic (exact) mass is 281 g/mol. The molecule has 0 aromatic carbocycles. The van der Waals surface area contributed by atoms with Crippen molar-refractivity contribution in [2.24, 2.45) is 5.92 Å². The summed E-state index contributed by atoms with van der Waals surface area (Å²) in [5.74, 6) is 1.58. The molecule has 0 saturated heterocycles. The molecule has 6 heteroatoms. The highest BCUT2D eigenvalue weighted by atomic mass is 16.5. The number of amides is 1. The molecule has 1 fully saturated rings. The van der Waals surface area contributed by atoms with Crippen LogP contribution in [0.4, 0.5) is 0 Å². The van der Waals surface area contributed by atoms with Gasteiger partial charge in [0.25, 0.3) is 0 Å². The maximum absolute atomic E-state index is 11.7. The summed E-state index contributed by atoms with van der Waals surface area (Å²) >= 11 is 0. The lowest BCUT2D eigenvalue weighted by Crippen LogP contribution is -2.32. The van der Waals surface area contributed by atoms with Crippen LogP contribution in [0.3, 0.4) is 0 Å². The molecular weight excluding hydrogens is 258 g/mol. The van der Waals surface area contributed by atoms with Crippen molar-refractivity contribution in [1.29, 1.82) is 0 Å². The minimum absolute atomic E-state index is 0.0339. The van der Waals surface area contributed by atoms with Crippen LogP contribution in [0.25, 0.3) is 0 Å². The quantitative estimate of drug-likeness (QED) is 0.823. The molecule has 0 radical (unpaired) electrons. The number of aliphatic hydroxyl groups excluding tert-OH is 1. The smallest absolute Gasteiger partial charge is 0.227 e. The average molecular weight is 281 g/mol. The van der Waals surface area contributed by atoms with Gasteiger partial charge >= 0.3 is 0 Å². The zero-order valence-corrected chi connectivity index (χ0v) is 12.1. The van der Waals surface area contributed by atoms with Crippen molar-refractivity contribution in [3.63, 3.8) is 0 Å². The van der Waals surface area contributed by atoms with E-state index in [2.05, 4.69) is 15.5 Å². The van der Waals surface area contributed by atoms with Gasteiger partial charge in [-0.25, -0.2) is 0 Å². The number of nitrogens with one attached hydrogen (secondary N) is 1. The fourth-order valence-corrected chi connectivity index (χ4v) is 2.41. The molecule has 0 bridgehead atoms. The first kappa shape index (κ1) is 15.0. The third-order valence-corrected chi connectivity index (χ3v) is 3.75. The van der Waals surface area contributed by atoms with Crippen molar-refractivity contribution in [2.75, 3.05) is 6.54 Å². The lowest BCUT2D eigenvalue weighted by atomic mass is 10.1. The number of carbonyl (C=O) groups excluding carboxylic acids is 1. The highest BCUT2D eigenvalue weighted by Gasteiger charge is 2.25. The molecule has 2 rings (SSSR count). The lowest BCUT2D eigenvalue weighted by Gasteiger charge is -2.14. The lowest BCUT2D eigenvalue weighted by molar-refractivity contribution is -0.121. The average Bonchev–Trinajstić information content (AvgIpc) is 3.03. The van der Waals surface area contributed by atoms with Crippen LogP contribution in [-0.4, -0.2) is 33.8 Å². The SMILES string of the molecule is CC(C)c1noc(CCC(=O)NCC2CCCC2O)n1. The van der Waals surface area contributed by atoms with E-state index in [9.17, 15) is 9.90 Å². The number of aryl methyl sites for hydroxylation is 1. The number of hydrogen-bond acceptors (Lipinski definition) is 5. The number of carbonyl (C=O) groups is 1. The molecule has 0 aliphatic heterocycles. The molecule has 1 aromatic heterocycles. The van der Waals surface area contributed by atoms with E-state index in [-0.39, 0.29) is 23.8 Å². The fourth-order valence-electron chi connectivity index (χ4n) is 2.41. The summed E-state index contributed by atoms with van der Waals surface area (Å²) in [7, 11) is 0. The number of aromatic nitrogens is 2. The second-order valence-electron chi connectivity index (χ2n) is 5.76. The predicted octanol–water partition coefficient (Wildman–Crippen LogP) is 1.40. The Kier molecular flexibility index (Phi) is 5.11. The molecule has 112 valence electrons. The summed E-state index contributed by atoms with van der Waals surface area (Å²) in [5.41, 5.74) is 0. The summed E-state index contributed by atoms with van der Waals surface area (Å²) in [5, 5.41) is 16.4. The van der Waals surface area contributed by atoms with E-state index in [0.717, 1.165) is 19.3 Å². The maximum atomic E-state index is 11.7. The van der Waals surface area contributed by atoms with E-state index in [4.69, 9.17) is 4.52 Å².